The van der Waals surface area contributed by atoms with E-state index >= 15 is 0 Å². The van der Waals surface area contributed by atoms with E-state index in [-0.39, 0.29) is 11.5 Å². The molecular formula is C21H25N5O2. The molecule has 1 aliphatic rings. The Balaban J connectivity index is 1.49. The van der Waals surface area contributed by atoms with Crippen molar-refractivity contribution in [3.8, 4) is 0 Å². The maximum atomic E-state index is 12.9. The van der Waals surface area contributed by atoms with Gasteiger partial charge >= 0.3 is 0 Å². The predicted molar refractivity (Wildman–Crippen MR) is 107 cm³/mol. The molecule has 7 nitrogen and oxygen atoms in total. The van der Waals surface area contributed by atoms with Gasteiger partial charge in [-0.3, -0.25) is 14.2 Å². The number of carbonyl (C=O) groups excluding carboxylic acids is 1. The minimum Gasteiger partial charge on any atom is -0.352 e. The molecule has 0 atom stereocenters. The number of nitrogens with one attached hydrogen (secondary N) is 1. The van der Waals surface area contributed by atoms with Crippen molar-refractivity contribution in [3.05, 3.63) is 58.7 Å². The van der Waals surface area contributed by atoms with Gasteiger partial charge in [0.15, 0.2) is 0 Å². The van der Waals surface area contributed by atoms with Crippen molar-refractivity contribution in [2.24, 2.45) is 0 Å². The van der Waals surface area contributed by atoms with Crippen LogP contribution in [0, 0.1) is 0 Å². The van der Waals surface area contributed by atoms with Gasteiger partial charge in [0.25, 0.3) is 11.5 Å². The first kappa shape index (κ1) is 18.4. The number of carbonyl (C=O) groups is 1. The molecule has 28 heavy (non-hydrogen) atoms. The zero-order chi connectivity index (χ0) is 19.3. The van der Waals surface area contributed by atoms with Crippen molar-refractivity contribution in [1.82, 2.24) is 24.4 Å². The molecule has 0 saturated carbocycles. The number of hydrogen-bond donors (Lipinski definition) is 1. The van der Waals surface area contributed by atoms with E-state index in [0.29, 0.717) is 23.0 Å². The lowest BCUT2D eigenvalue weighted by Crippen LogP contribution is -2.27. The number of imidazole rings is 1. The van der Waals surface area contributed by atoms with Crippen LogP contribution in [0.25, 0.3) is 10.9 Å². The first-order chi connectivity index (χ1) is 13.7. The van der Waals surface area contributed by atoms with Crippen LogP contribution in [-0.4, -0.2) is 31.6 Å². The third-order valence-electron chi connectivity index (χ3n) is 5.27. The maximum Gasteiger partial charge on any atom is 0.261 e. The standard InChI is InChI=1S/C21H25N5O2/c27-20(23-9-5-11-25-13-10-22-15-25)16-7-8-17-18(14-16)24-19-6-3-1-2-4-12-26(19)21(17)28/h7-8,10,13-15H,1-6,9,11-12H2,(H,23,27). The van der Waals surface area contributed by atoms with E-state index in [1.807, 2.05) is 15.3 Å². The highest BCUT2D eigenvalue weighted by Crippen LogP contribution is 2.16. The van der Waals surface area contributed by atoms with Crippen molar-refractivity contribution in [2.75, 3.05) is 6.54 Å². The van der Waals surface area contributed by atoms with Crippen LogP contribution in [0.1, 0.15) is 48.3 Å². The molecule has 1 aromatic carbocycles. The molecule has 0 bridgehead atoms. The average Bonchev–Trinajstić information content (AvgIpc) is 3.20. The summed E-state index contributed by atoms with van der Waals surface area (Å²) in [5, 5.41) is 3.52. The number of aromatic nitrogens is 4. The van der Waals surface area contributed by atoms with Crippen LogP contribution in [0.3, 0.4) is 0 Å². The van der Waals surface area contributed by atoms with Crippen LogP contribution in [0.4, 0.5) is 0 Å². The fourth-order valence-electron chi connectivity index (χ4n) is 3.72. The van der Waals surface area contributed by atoms with Crippen LogP contribution < -0.4 is 10.9 Å². The zero-order valence-electron chi connectivity index (χ0n) is 15.9. The number of amides is 1. The number of benzene rings is 1. The Kier molecular flexibility index (Phi) is 5.50. The molecule has 0 unspecified atom stereocenters. The second-order valence-corrected chi connectivity index (χ2v) is 7.29. The van der Waals surface area contributed by atoms with Gasteiger partial charge in [0.1, 0.15) is 5.82 Å². The number of hydrogen-bond acceptors (Lipinski definition) is 4. The first-order valence-corrected chi connectivity index (χ1v) is 10.00. The van der Waals surface area contributed by atoms with E-state index in [0.717, 1.165) is 51.0 Å². The summed E-state index contributed by atoms with van der Waals surface area (Å²) in [5.41, 5.74) is 1.16. The van der Waals surface area contributed by atoms with Gasteiger partial charge in [0, 0.05) is 44.0 Å². The molecule has 4 rings (SSSR count). The molecule has 1 amide bonds. The molecule has 146 valence electrons. The van der Waals surface area contributed by atoms with E-state index in [1.165, 1.54) is 6.42 Å². The van der Waals surface area contributed by atoms with Gasteiger partial charge in [-0.1, -0.05) is 12.8 Å². The van der Waals surface area contributed by atoms with E-state index in [2.05, 4.69) is 10.3 Å². The Morgan fingerprint density at radius 3 is 2.93 bits per heavy atom. The van der Waals surface area contributed by atoms with Crippen LogP contribution in [-0.2, 0) is 19.5 Å². The van der Waals surface area contributed by atoms with Crippen molar-refractivity contribution < 1.29 is 4.79 Å². The molecule has 1 aliphatic heterocycles. The van der Waals surface area contributed by atoms with Crippen LogP contribution >= 0.6 is 0 Å². The third-order valence-corrected chi connectivity index (χ3v) is 5.27. The van der Waals surface area contributed by atoms with Gasteiger partial charge in [-0.25, -0.2) is 9.97 Å². The van der Waals surface area contributed by atoms with Crippen molar-refractivity contribution in [2.45, 2.75) is 51.6 Å². The largest absolute Gasteiger partial charge is 0.352 e. The number of fused-ring (bicyclic) bond motifs is 2. The predicted octanol–water partition coefficient (Wildman–Crippen LogP) is 2.53. The number of rotatable bonds is 5. The van der Waals surface area contributed by atoms with E-state index in [9.17, 15) is 9.59 Å². The summed E-state index contributed by atoms with van der Waals surface area (Å²) in [5.74, 6) is 0.705. The third kappa shape index (κ3) is 3.98. The molecule has 3 aromatic rings. The lowest BCUT2D eigenvalue weighted by molar-refractivity contribution is 0.0953. The molecular weight excluding hydrogens is 354 g/mol. The van der Waals surface area contributed by atoms with E-state index < -0.39 is 0 Å². The summed E-state index contributed by atoms with van der Waals surface area (Å²) >= 11 is 0. The Bertz CT molecular complexity index is 1020. The van der Waals surface area contributed by atoms with Crippen molar-refractivity contribution in [1.29, 1.82) is 0 Å². The minimum atomic E-state index is -0.138. The Morgan fingerprint density at radius 1 is 1.18 bits per heavy atom. The Labute approximate surface area is 163 Å². The summed E-state index contributed by atoms with van der Waals surface area (Å²) in [6, 6.07) is 5.19. The molecule has 7 heteroatoms. The highest BCUT2D eigenvalue weighted by atomic mass is 16.1. The number of aryl methyl sites for hydroxylation is 2. The van der Waals surface area contributed by atoms with Crippen LogP contribution in [0.2, 0.25) is 0 Å². The van der Waals surface area contributed by atoms with Gasteiger partial charge in [0.2, 0.25) is 0 Å². The summed E-state index contributed by atoms with van der Waals surface area (Å²) in [6.07, 6.45) is 11.4. The molecule has 1 N–H and O–H groups in total. The van der Waals surface area contributed by atoms with Crippen molar-refractivity contribution in [3.63, 3.8) is 0 Å². The number of nitrogens with zero attached hydrogens (tertiary/aromatic N) is 4. The summed E-state index contributed by atoms with van der Waals surface area (Å²) in [6.45, 7) is 2.12. The Morgan fingerprint density at radius 2 is 2.07 bits per heavy atom. The molecule has 0 fully saturated rings. The topological polar surface area (TPSA) is 81.8 Å². The van der Waals surface area contributed by atoms with Gasteiger partial charge in [-0.2, -0.15) is 0 Å². The second kappa shape index (κ2) is 8.37. The van der Waals surface area contributed by atoms with E-state index in [4.69, 9.17) is 4.98 Å². The molecule has 0 radical (unpaired) electrons. The quantitative estimate of drug-likeness (QED) is 0.691. The van der Waals surface area contributed by atoms with Gasteiger partial charge in [-0.05, 0) is 37.5 Å². The van der Waals surface area contributed by atoms with E-state index in [1.54, 1.807) is 30.7 Å². The molecule has 3 heterocycles. The Hall–Kier alpha value is -2.96. The summed E-state index contributed by atoms with van der Waals surface area (Å²) < 4.78 is 3.80. The molecule has 0 spiro atoms. The fourth-order valence-corrected chi connectivity index (χ4v) is 3.72. The average molecular weight is 379 g/mol. The molecule has 0 aliphatic carbocycles. The summed E-state index contributed by atoms with van der Waals surface area (Å²) in [7, 11) is 0. The van der Waals surface area contributed by atoms with Gasteiger partial charge in [0.05, 0.1) is 17.2 Å². The lowest BCUT2D eigenvalue weighted by Gasteiger charge is -2.16. The zero-order valence-corrected chi connectivity index (χ0v) is 15.9. The lowest BCUT2D eigenvalue weighted by atomic mass is 10.1. The summed E-state index contributed by atoms with van der Waals surface area (Å²) in [4.78, 5) is 34.1. The molecule has 2 aromatic heterocycles. The van der Waals surface area contributed by atoms with Crippen molar-refractivity contribution >= 4 is 16.8 Å². The van der Waals surface area contributed by atoms with Crippen LogP contribution in [0.5, 0.6) is 0 Å². The highest BCUT2D eigenvalue weighted by molar-refractivity contribution is 5.97. The minimum absolute atomic E-state index is 0.00851. The van der Waals surface area contributed by atoms with Gasteiger partial charge in [-0.15, -0.1) is 0 Å². The second-order valence-electron chi connectivity index (χ2n) is 7.29. The maximum absolute atomic E-state index is 12.9. The monoisotopic (exact) mass is 379 g/mol. The smallest absolute Gasteiger partial charge is 0.261 e. The highest BCUT2D eigenvalue weighted by Gasteiger charge is 2.14. The normalized spacial score (nSPS) is 14.3. The van der Waals surface area contributed by atoms with Gasteiger partial charge < -0.3 is 9.88 Å². The fraction of sp³-hybridized carbons (Fsp3) is 0.429. The SMILES string of the molecule is O=C(NCCCn1ccnc1)c1ccc2c(=O)n3c(nc2c1)CCCCCC3. The molecule has 0 saturated heterocycles. The van der Waals surface area contributed by atoms with Crippen LogP contribution in [0.15, 0.2) is 41.7 Å². The first-order valence-electron chi connectivity index (χ1n) is 10.00.